The van der Waals surface area contributed by atoms with Crippen molar-refractivity contribution in [2.24, 2.45) is 18.8 Å². The van der Waals surface area contributed by atoms with Crippen molar-refractivity contribution in [2.75, 3.05) is 6.61 Å². The zero-order chi connectivity index (χ0) is 18.5. The number of aromatic nitrogens is 2. The highest BCUT2D eigenvalue weighted by atomic mass is 16.5. The van der Waals surface area contributed by atoms with Crippen LogP contribution in [0.15, 0.2) is 12.5 Å². The summed E-state index contributed by atoms with van der Waals surface area (Å²) in [7, 11) is 0. The second-order valence-electron chi connectivity index (χ2n) is 3.31. The molecule has 0 saturated carbocycles. The first-order valence-electron chi connectivity index (χ1n) is 8.98. The molecule has 1 aromatic heterocycles. The first kappa shape index (κ1) is 3.92. The van der Waals surface area contributed by atoms with Crippen LogP contribution in [0.25, 0.3) is 0 Å². The van der Waals surface area contributed by atoms with Gasteiger partial charge in [-0.25, -0.2) is 4.98 Å². The van der Waals surface area contributed by atoms with Crippen molar-refractivity contribution in [3.05, 3.63) is 18.2 Å². The van der Waals surface area contributed by atoms with E-state index in [1.54, 1.807) is 0 Å². The van der Waals surface area contributed by atoms with Crippen LogP contribution in [-0.2, 0) is 22.9 Å². The minimum absolute atomic E-state index is 0.148. The summed E-state index contributed by atoms with van der Waals surface area (Å²) in [5.41, 5.74) is -0.148. The Morgan fingerprint density at radius 3 is 3.67 bits per heavy atom. The summed E-state index contributed by atoms with van der Waals surface area (Å²) >= 11 is 0. The lowest BCUT2D eigenvalue weighted by atomic mass is 9.89. The van der Waals surface area contributed by atoms with E-state index in [-0.39, 0.29) is 18.7 Å². The number of hydrogen-bond acceptors (Lipinski definition) is 3. The molecule has 1 saturated heterocycles. The van der Waals surface area contributed by atoms with E-state index in [9.17, 15) is 4.79 Å². The topological polar surface area (TPSA) is 44.1 Å². The Kier molecular flexibility index (Phi) is 1.06. The van der Waals surface area contributed by atoms with Gasteiger partial charge in [0.15, 0.2) is 0 Å². The van der Waals surface area contributed by atoms with Gasteiger partial charge in [0.2, 0.25) is 0 Å². The molecule has 0 unspecified atom stereocenters. The number of nitrogens with zero attached hydrogens (tertiary/aromatic N) is 2. The molecule has 4 heteroatoms. The molecule has 15 heavy (non-hydrogen) atoms. The summed E-state index contributed by atoms with van der Waals surface area (Å²) in [6, 6.07) is 0. The van der Waals surface area contributed by atoms with Crippen LogP contribution in [0.2, 0.25) is 0 Å². The lowest BCUT2D eigenvalue weighted by Gasteiger charge is -2.12. The van der Waals surface area contributed by atoms with E-state index in [0.29, 0.717) is 4.57 Å². The average Bonchev–Trinajstić information content (AvgIpc) is 2.78. The quantitative estimate of drug-likeness (QED) is 0.714. The maximum atomic E-state index is 11.9. The molecule has 2 heterocycles. The lowest BCUT2D eigenvalue weighted by molar-refractivity contribution is -0.141. The molecule has 0 spiro atoms. The van der Waals surface area contributed by atoms with Crippen LogP contribution < -0.4 is 0 Å². The first-order valence-corrected chi connectivity index (χ1v) is 4.48. The molecular formula is C11H16N2O2. The summed E-state index contributed by atoms with van der Waals surface area (Å²) in [6.45, 7) is -5.55. The fraction of sp³-hybridized carbons (Fsp3) is 0.636. The normalized spacial score (nSPS) is 40.9. The Morgan fingerprint density at radius 1 is 1.93 bits per heavy atom. The van der Waals surface area contributed by atoms with Gasteiger partial charge < -0.3 is 9.30 Å². The zero-order valence-electron chi connectivity index (χ0n) is 16.9. The maximum Gasteiger partial charge on any atom is 0.309 e. The standard InChI is InChI=1S/C11H16N2O2/c1-3-10-8(6-15-11(10)14)4-9-5-12-7-13(9)2/h5,7-8,10H,3-4,6H2,1-2H3/t8-,10-/m0/s1/i1D3,2D3,5D,7D,10D. The van der Waals surface area contributed by atoms with Gasteiger partial charge in [0.1, 0.15) is 1.37 Å². The predicted molar refractivity (Wildman–Crippen MR) is 55.1 cm³/mol. The molecule has 1 aliphatic rings. The third-order valence-corrected chi connectivity index (χ3v) is 2.41. The van der Waals surface area contributed by atoms with Crippen molar-refractivity contribution in [1.29, 1.82) is 0 Å². The SMILES string of the molecule is [2H]c1nc([2H])n(C([2H])([2H])[2H])c1C[C@H]1COC(=O)[C@@]1([2H])CC([2H])([2H])[2H]. The van der Waals surface area contributed by atoms with Crippen LogP contribution in [0.5, 0.6) is 0 Å². The van der Waals surface area contributed by atoms with Crippen molar-refractivity contribution in [3.8, 4) is 0 Å². The van der Waals surface area contributed by atoms with E-state index in [0.717, 1.165) is 0 Å². The average molecular weight is 217 g/mol. The second kappa shape index (κ2) is 4.04. The third kappa shape index (κ3) is 1.89. The molecule has 0 bridgehead atoms. The van der Waals surface area contributed by atoms with Crippen LogP contribution in [0.4, 0.5) is 0 Å². The lowest BCUT2D eigenvalue weighted by Crippen LogP contribution is -2.18. The van der Waals surface area contributed by atoms with E-state index in [4.69, 9.17) is 17.1 Å². The number of esters is 1. The van der Waals surface area contributed by atoms with E-state index < -0.39 is 50.5 Å². The van der Waals surface area contributed by atoms with Crippen LogP contribution in [0.3, 0.4) is 0 Å². The number of rotatable bonds is 3. The van der Waals surface area contributed by atoms with Gasteiger partial charge in [0.05, 0.1) is 20.2 Å². The summed E-state index contributed by atoms with van der Waals surface area (Å²) in [5, 5.41) is 0. The molecule has 0 radical (unpaired) electrons. The highest BCUT2D eigenvalue weighted by molar-refractivity contribution is 5.74. The van der Waals surface area contributed by atoms with Crippen LogP contribution in [0.1, 0.15) is 31.3 Å². The Bertz CT molecular complexity index is 651. The predicted octanol–water partition coefficient (Wildman–Crippen LogP) is 1.16. The van der Waals surface area contributed by atoms with E-state index in [1.165, 1.54) is 0 Å². The molecule has 1 aromatic rings. The Morgan fingerprint density at radius 2 is 2.87 bits per heavy atom. The van der Waals surface area contributed by atoms with Gasteiger partial charge in [0, 0.05) is 34.4 Å². The summed E-state index contributed by atoms with van der Waals surface area (Å²) in [4.78, 5) is 15.4. The highest BCUT2D eigenvalue weighted by Gasteiger charge is 2.35. The summed E-state index contributed by atoms with van der Waals surface area (Å²) < 4.78 is 73.2. The molecule has 0 aliphatic carbocycles. The molecule has 1 aliphatic heterocycles. The molecule has 0 aromatic carbocycles. The Labute approximate surface area is 102 Å². The van der Waals surface area contributed by atoms with Crippen LogP contribution in [0, 0.1) is 11.8 Å². The number of imidazole rings is 1. The summed E-state index contributed by atoms with van der Waals surface area (Å²) in [6.07, 6.45) is -2.10. The van der Waals surface area contributed by atoms with Gasteiger partial charge >= 0.3 is 5.97 Å². The van der Waals surface area contributed by atoms with Crippen molar-refractivity contribution in [1.82, 2.24) is 9.55 Å². The largest absolute Gasteiger partial charge is 0.465 e. The van der Waals surface area contributed by atoms with E-state index in [1.807, 2.05) is 0 Å². The molecule has 0 N–H and O–H groups in total. The van der Waals surface area contributed by atoms with Crippen molar-refractivity contribution < 1.29 is 21.9 Å². The minimum Gasteiger partial charge on any atom is -0.465 e. The molecular weight excluding hydrogens is 192 g/mol. The van der Waals surface area contributed by atoms with Gasteiger partial charge in [-0.15, -0.1) is 0 Å². The molecule has 2 atom stereocenters. The Hall–Kier alpha value is -1.32. The van der Waals surface area contributed by atoms with Crippen molar-refractivity contribution in [2.45, 2.75) is 19.7 Å². The van der Waals surface area contributed by atoms with Crippen LogP contribution in [-0.4, -0.2) is 22.1 Å². The smallest absolute Gasteiger partial charge is 0.309 e. The number of carbonyl (C=O) groups excluding carboxylic acids is 1. The van der Waals surface area contributed by atoms with Gasteiger partial charge in [-0.1, -0.05) is 6.85 Å². The second-order valence-corrected chi connectivity index (χ2v) is 3.31. The van der Waals surface area contributed by atoms with E-state index >= 15 is 0 Å². The van der Waals surface area contributed by atoms with Crippen LogP contribution >= 0.6 is 0 Å². The maximum absolute atomic E-state index is 11.9. The first-order chi connectivity index (χ1) is 10.8. The molecule has 1 fully saturated rings. The zero-order valence-corrected chi connectivity index (χ0v) is 7.91. The van der Waals surface area contributed by atoms with Crippen molar-refractivity contribution in [3.63, 3.8) is 0 Å². The molecule has 0 amide bonds. The van der Waals surface area contributed by atoms with Gasteiger partial charge in [-0.05, 0) is 12.8 Å². The molecule has 4 nitrogen and oxygen atoms in total. The minimum atomic E-state index is -2.75. The van der Waals surface area contributed by atoms with Crippen molar-refractivity contribution >= 4 is 5.97 Å². The fourth-order valence-corrected chi connectivity index (χ4v) is 1.56. The Balaban J connectivity index is 2.39. The van der Waals surface area contributed by atoms with E-state index in [2.05, 4.69) is 4.98 Å². The number of ether oxygens (including phenoxy) is 1. The third-order valence-electron chi connectivity index (χ3n) is 2.41. The van der Waals surface area contributed by atoms with Gasteiger partial charge in [-0.3, -0.25) is 4.79 Å². The fourth-order valence-electron chi connectivity index (χ4n) is 1.56. The number of carbonyl (C=O) groups is 1. The summed E-state index contributed by atoms with van der Waals surface area (Å²) in [5.74, 6) is -4.00. The number of cyclic esters (lactones) is 1. The number of hydrogen-bond donors (Lipinski definition) is 0. The highest BCUT2D eigenvalue weighted by Crippen LogP contribution is 2.27. The molecule has 2 rings (SSSR count). The van der Waals surface area contributed by atoms with Gasteiger partial charge in [0.25, 0.3) is 0 Å². The monoisotopic (exact) mass is 217 g/mol. The van der Waals surface area contributed by atoms with Gasteiger partial charge in [-0.2, -0.15) is 0 Å². The molecule has 82 valence electrons.